The molecule has 0 radical (unpaired) electrons. The molecule has 1 aliphatic heterocycles. The van der Waals surface area contributed by atoms with Crippen LogP contribution in [0.4, 0.5) is 5.69 Å². The summed E-state index contributed by atoms with van der Waals surface area (Å²) in [6.07, 6.45) is 2.73. The second-order valence-electron chi connectivity index (χ2n) is 5.08. The van der Waals surface area contributed by atoms with E-state index < -0.39 is 5.60 Å². The predicted octanol–water partition coefficient (Wildman–Crippen LogP) is 0.606. The fraction of sp³-hybridized carbons (Fsp3) is 0.692. The van der Waals surface area contributed by atoms with Crippen LogP contribution in [0.15, 0.2) is 15.5 Å². The molecule has 21 heavy (non-hydrogen) atoms. The van der Waals surface area contributed by atoms with Gasteiger partial charge in [-0.2, -0.15) is 5.10 Å². The first-order valence-corrected chi connectivity index (χ1v) is 7.63. The molecule has 0 amide bonds. The van der Waals surface area contributed by atoms with E-state index in [0.717, 1.165) is 0 Å². The van der Waals surface area contributed by atoms with Gasteiger partial charge < -0.3 is 19.9 Å². The van der Waals surface area contributed by atoms with Crippen molar-refractivity contribution < 1.29 is 14.6 Å². The van der Waals surface area contributed by atoms with Crippen LogP contribution in [0.3, 0.4) is 0 Å². The Labute approximate surface area is 131 Å². The minimum absolute atomic E-state index is 0.226. The van der Waals surface area contributed by atoms with Crippen molar-refractivity contribution in [2.24, 2.45) is 0 Å². The third-order valence-corrected chi connectivity index (χ3v) is 4.29. The summed E-state index contributed by atoms with van der Waals surface area (Å²) in [6, 6.07) is 0. The minimum atomic E-state index is -0.803. The van der Waals surface area contributed by atoms with E-state index in [-0.39, 0.29) is 5.56 Å². The summed E-state index contributed by atoms with van der Waals surface area (Å²) in [7, 11) is 1.57. The second kappa shape index (κ2) is 7.35. The van der Waals surface area contributed by atoms with Crippen molar-refractivity contribution in [3.63, 3.8) is 0 Å². The van der Waals surface area contributed by atoms with Gasteiger partial charge in [0.05, 0.1) is 30.6 Å². The lowest BCUT2D eigenvalue weighted by Crippen LogP contribution is -2.42. The van der Waals surface area contributed by atoms with Gasteiger partial charge in [0.25, 0.3) is 5.56 Å². The number of aromatic nitrogens is 2. The number of rotatable bonds is 6. The molecule has 7 nitrogen and oxygen atoms in total. The standard InChI is InChI=1S/C13H20BrN3O4/c1-20-7-4-17-12(18)11(14)10(8-16-17)15-9-13(19)2-5-21-6-3-13/h8,15,19H,2-7,9H2,1H3. The molecule has 0 spiro atoms. The first-order chi connectivity index (χ1) is 10.1. The van der Waals surface area contributed by atoms with Crippen molar-refractivity contribution in [2.75, 3.05) is 38.8 Å². The Morgan fingerprint density at radius 1 is 1.57 bits per heavy atom. The Balaban J connectivity index is 2.03. The number of nitrogens with zero attached hydrogens (tertiary/aromatic N) is 2. The fourth-order valence-electron chi connectivity index (χ4n) is 2.11. The normalized spacial score (nSPS) is 17.7. The van der Waals surface area contributed by atoms with Gasteiger partial charge in [0.1, 0.15) is 4.47 Å². The van der Waals surface area contributed by atoms with Crippen LogP contribution >= 0.6 is 15.9 Å². The van der Waals surface area contributed by atoms with Crippen LogP contribution in [-0.2, 0) is 16.0 Å². The number of methoxy groups -OCH3 is 1. The summed E-state index contributed by atoms with van der Waals surface area (Å²) in [4.78, 5) is 12.1. The van der Waals surface area contributed by atoms with Gasteiger partial charge in [-0.3, -0.25) is 4.79 Å². The number of anilines is 1. The molecule has 2 rings (SSSR count). The first-order valence-electron chi connectivity index (χ1n) is 6.84. The van der Waals surface area contributed by atoms with Gasteiger partial charge in [-0.05, 0) is 15.9 Å². The van der Waals surface area contributed by atoms with Crippen molar-refractivity contribution >= 4 is 21.6 Å². The molecule has 8 heteroatoms. The van der Waals surface area contributed by atoms with Gasteiger partial charge in [-0.25, -0.2) is 4.68 Å². The van der Waals surface area contributed by atoms with Crippen LogP contribution in [0.2, 0.25) is 0 Å². The molecule has 1 aromatic rings. The number of halogens is 1. The highest BCUT2D eigenvalue weighted by Gasteiger charge is 2.29. The summed E-state index contributed by atoms with van der Waals surface area (Å²) in [6.45, 7) is 2.28. The average molecular weight is 362 g/mol. The Hall–Kier alpha value is -0.960. The molecule has 0 aliphatic carbocycles. The van der Waals surface area contributed by atoms with Crippen molar-refractivity contribution in [2.45, 2.75) is 25.0 Å². The van der Waals surface area contributed by atoms with Crippen molar-refractivity contribution in [1.82, 2.24) is 9.78 Å². The van der Waals surface area contributed by atoms with Crippen molar-refractivity contribution in [3.8, 4) is 0 Å². The lowest BCUT2D eigenvalue weighted by atomic mass is 9.94. The topological polar surface area (TPSA) is 85.6 Å². The van der Waals surface area contributed by atoms with Gasteiger partial charge in [0.15, 0.2) is 0 Å². The van der Waals surface area contributed by atoms with E-state index in [2.05, 4.69) is 26.3 Å². The highest BCUT2D eigenvalue weighted by Crippen LogP contribution is 2.23. The Kier molecular flexibility index (Phi) is 5.74. The quantitative estimate of drug-likeness (QED) is 0.771. The van der Waals surface area contributed by atoms with Gasteiger partial charge in [0.2, 0.25) is 0 Å². The summed E-state index contributed by atoms with van der Waals surface area (Å²) in [5, 5.41) is 17.6. The summed E-state index contributed by atoms with van der Waals surface area (Å²) < 4.78 is 11.9. The van der Waals surface area contributed by atoms with E-state index in [1.807, 2.05) is 0 Å². The van der Waals surface area contributed by atoms with E-state index in [1.54, 1.807) is 13.3 Å². The maximum atomic E-state index is 12.1. The molecule has 1 aromatic heterocycles. The third kappa shape index (κ3) is 4.26. The summed E-state index contributed by atoms with van der Waals surface area (Å²) in [5.41, 5.74) is -0.451. The lowest BCUT2D eigenvalue weighted by molar-refractivity contribution is -0.0543. The van der Waals surface area contributed by atoms with Crippen LogP contribution in [-0.4, -0.2) is 54.0 Å². The zero-order chi connectivity index (χ0) is 15.3. The number of nitrogens with one attached hydrogen (secondary N) is 1. The molecule has 1 saturated heterocycles. The zero-order valence-electron chi connectivity index (χ0n) is 12.0. The number of aliphatic hydroxyl groups is 1. The molecular weight excluding hydrogens is 342 g/mol. The van der Waals surface area contributed by atoms with E-state index >= 15 is 0 Å². The van der Waals surface area contributed by atoms with Crippen LogP contribution in [0.25, 0.3) is 0 Å². The molecule has 0 bridgehead atoms. The molecular formula is C13H20BrN3O4. The van der Waals surface area contributed by atoms with Crippen LogP contribution in [0.5, 0.6) is 0 Å². The zero-order valence-corrected chi connectivity index (χ0v) is 13.6. The Morgan fingerprint density at radius 2 is 2.29 bits per heavy atom. The number of ether oxygens (including phenoxy) is 2. The largest absolute Gasteiger partial charge is 0.388 e. The van der Waals surface area contributed by atoms with Crippen LogP contribution < -0.4 is 10.9 Å². The summed E-state index contributed by atoms with van der Waals surface area (Å²) in [5.74, 6) is 0. The second-order valence-corrected chi connectivity index (χ2v) is 5.88. The van der Waals surface area contributed by atoms with E-state index in [4.69, 9.17) is 9.47 Å². The summed E-state index contributed by atoms with van der Waals surface area (Å²) >= 11 is 3.28. The molecule has 0 unspecified atom stereocenters. The van der Waals surface area contributed by atoms with Gasteiger partial charge >= 0.3 is 0 Å². The van der Waals surface area contributed by atoms with E-state index in [1.165, 1.54) is 4.68 Å². The molecule has 118 valence electrons. The molecule has 1 fully saturated rings. The lowest BCUT2D eigenvalue weighted by Gasteiger charge is -2.32. The minimum Gasteiger partial charge on any atom is -0.388 e. The molecule has 1 aliphatic rings. The van der Waals surface area contributed by atoms with Crippen LogP contribution in [0, 0.1) is 0 Å². The van der Waals surface area contributed by atoms with Gasteiger partial charge in [-0.15, -0.1) is 0 Å². The van der Waals surface area contributed by atoms with Crippen molar-refractivity contribution in [3.05, 3.63) is 21.0 Å². The molecule has 2 heterocycles. The van der Waals surface area contributed by atoms with Gasteiger partial charge in [-0.1, -0.05) is 0 Å². The number of hydrogen-bond acceptors (Lipinski definition) is 6. The number of hydrogen-bond donors (Lipinski definition) is 2. The van der Waals surface area contributed by atoms with E-state index in [0.29, 0.717) is 55.9 Å². The monoisotopic (exact) mass is 361 g/mol. The third-order valence-electron chi connectivity index (χ3n) is 3.52. The molecule has 2 N–H and O–H groups in total. The molecule has 0 aromatic carbocycles. The molecule has 0 saturated carbocycles. The Morgan fingerprint density at radius 3 is 2.95 bits per heavy atom. The highest BCUT2D eigenvalue weighted by atomic mass is 79.9. The average Bonchev–Trinajstić information content (AvgIpc) is 2.48. The highest BCUT2D eigenvalue weighted by molar-refractivity contribution is 9.10. The first kappa shape index (κ1) is 16.4. The van der Waals surface area contributed by atoms with Gasteiger partial charge in [0, 0.05) is 39.7 Å². The van der Waals surface area contributed by atoms with Crippen LogP contribution in [0.1, 0.15) is 12.8 Å². The maximum absolute atomic E-state index is 12.1. The Bertz CT molecular complexity index is 529. The van der Waals surface area contributed by atoms with Crippen molar-refractivity contribution in [1.29, 1.82) is 0 Å². The maximum Gasteiger partial charge on any atom is 0.283 e. The molecule has 0 atom stereocenters. The smallest absolute Gasteiger partial charge is 0.283 e. The predicted molar refractivity (Wildman–Crippen MR) is 81.6 cm³/mol. The SMILES string of the molecule is COCCn1ncc(NCC2(O)CCOCC2)c(Br)c1=O. The fourth-order valence-corrected chi connectivity index (χ4v) is 2.56. The van der Waals surface area contributed by atoms with E-state index in [9.17, 15) is 9.90 Å².